The standard InChI is InChI=1S/C13H11BrFNO/c14-10-1-3-12(4-2-10)16-8-9-5-11(15)7-13(17)6-9/h1-7,16-17H,8H2. The Morgan fingerprint density at radius 1 is 1.12 bits per heavy atom. The highest BCUT2D eigenvalue weighted by Gasteiger charge is 2.00. The minimum absolute atomic E-state index is 0.0578. The zero-order valence-corrected chi connectivity index (χ0v) is 10.5. The second-order valence-corrected chi connectivity index (χ2v) is 4.59. The molecule has 88 valence electrons. The van der Waals surface area contributed by atoms with Gasteiger partial charge in [0.05, 0.1) is 0 Å². The van der Waals surface area contributed by atoms with Crippen LogP contribution in [-0.2, 0) is 6.54 Å². The Kier molecular flexibility index (Phi) is 3.64. The first kappa shape index (κ1) is 11.9. The van der Waals surface area contributed by atoms with Crippen LogP contribution in [0.15, 0.2) is 46.9 Å². The summed E-state index contributed by atoms with van der Waals surface area (Å²) in [6.45, 7) is 0.465. The molecule has 0 aliphatic heterocycles. The van der Waals surface area contributed by atoms with Crippen LogP contribution < -0.4 is 5.32 Å². The van der Waals surface area contributed by atoms with Gasteiger partial charge in [-0.25, -0.2) is 4.39 Å². The number of anilines is 1. The largest absolute Gasteiger partial charge is 0.508 e. The fraction of sp³-hybridized carbons (Fsp3) is 0.0769. The van der Waals surface area contributed by atoms with Gasteiger partial charge in [0.2, 0.25) is 0 Å². The molecule has 0 atom stereocenters. The van der Waals surface area contributed by atoms with Gasteiger partial charge in [0.25, 0.3) is 0 Å². The Hall–Kier alpha value is -1.55. The summed E-state index contributed by atoms with van der Waals surface area (Å²) in [5.41, 5.74) is 1.64. The van der Waals surface area contributed by atoms with Crippen molar-refractivity contribution in [3.05, 3.63) is 58.3 Å². The van der Waals surface area contributed by atoms with Crippen molar-refractivity contribution < 1.29 is 9.50 Å². The molecule has 2 rings (SSSR count). The van der Waals surface area contributed by atoms with Gasteiger partial charge in [-0.15, -0.1) is 0 Å². The fourth-order valence-electron chi connectivity index (χ4n) is 1.51. The van der Waals surface area contributed by atoms with E-state index in [0.717, 1.165) is 16.2 Å². The van der Waals surface area contributed by atoms with Crippen molar-refractivity contribution in [3.63, 3.8) is 0 Å². The van der Waals surface area contributed by atoms with Gasteiger partial charge in [-0.3, -0.25) is 0 Å². The van der Waals surface area contributed by atoms with Gasteiger partial charge in [0.1, 0.15) is 11.6 Å². The van der Waals surface area contributed by atoms with Crippen molar-refractivity contribution in [1.29, 1.82) is 0 Å². The number of hydrogen-bond donors (Lipinski definition) is 2. The molecule has 0 radical (unpaired) electrons. The Morgan fingerprint density at radius 3 is 2.47 bits per heavy atom. The first-order chi connectivity index (χ1) is 8.13. The maximum Gasteiger partial charge on any atom is 0.127 e. The molecule has 0 heterocycles. The molecule has 0 saturated heterocycles. The monoisotopic (exact) mass is 295 g/mol. The molecule has 0 aliphatic carbocycles. The third-order valence-corrected chi connectivity index (χ3v) is 2.81. The van der Waals surface area contributed by atoms with Crippen LogP contribution in [0.4, 0.5) is 10.1 Å². The highest BCUT2D eigenvalue weighted by atomic mass is 79.9. The van der Waals surface area contributed by atoms with Crippen molar-refractivity contribution in [2.24, 2.45) is 0 Å². The summed E-state index contributed by atoms with van der Waals surface area (Å²) < 4.78 is 14.0. The number of aromatic hydroxyl groups is 1. The molecule has 0 spiro atoms. The SMILES string of the molecule is Oc1cc(F)cc(CNc2ccc(Br)cc2)c1. The van der Waals surface area contributed by atoms with E-state index in [1.165, 1.54) is 12.1 Å². The summed E-state index contributed by atoms with van der Waals surface area (Å²) in [6, 6.07) is 11.7. The number of hydrogen-bond acceptors (Lipinski definition) is 2. The Morgan fingerprint density at radius 2 is 1.82 bits per heavy atom. The highest BCUT2D eigenvalue weighted by Crippen LogP contribution is 2.17. The van der Waals surface area contributed by atoms with Crippen molar-refractivity contribution in [1.82, 2.24) is 0 Å². The van der Waals surface area contributed by atoms with Gasteiger partial charge >= 0.3 is 0 Å². The van der Waals surface area contributed by atoms with Crippen molar-refractivity contribution in [2.75, 3.05) is 5.32 Å². The third-order valence-electron chi connectivity index (χ3n) is 2.28. The number of phenolic OH excluding ortho intramolecular Hbond substituents is 1. The third kappa shape index (κ3) is 3.46. The second kappa shape index (κ2) is 5.19. The van der Waals surface area contributed by atoms with Gasteiger partial charge in [0, 0.05) is 22.8 Å². The van der Waals surface area contributed by atoms with E-state index in [9.17, 15) is 9.50 Å². The molecule has 0 aliphatic rings. The Labute approximate surface area is 107 Å². The molecule has 0 fully saturated rings. The highest BCUT2D eigenvalue weighted by molar-refractivity contribution is 9.10. The zero-order chi connectivity index (χ0) is 12.3. The van der Waals surface area contributed by atoms with Crippen LogP contribution in [-0.4, -0.2) is 5.11 Å². The minimum atomic E-state index is -0.433. The van der Waals surface area contributed by atoms with Gasteiger partial charge in [-0.05, 0) is 42.0 Å². The molecule has 2 aromatic carbocycles. The number of rotatable bonds is 3. The molecule has 4 heteroatoms. The summed E-state index contributed by atoms with van der Waals surface area (Å²) in [5.74, 6) is -0.491. The van der Waals surface area contributed by atoms with E-state index in [4.69, 9.17) is 0 Å². The van der Waals surface area contributed by atoms with Crippen molar-refractivity contribution in [2.45, 2.75) is 6.54 Å². The van der Waals surface area contributed by atoms with Crippen molar-refractivity contribution >= 4 is 21.6 Å². The van der Waals surface area contributed by atoms with E-state index in [0.29, 0.717) is 12.1 Å². The predicted molar refractivity (Wildman–Crippen MR) is 69.5 cm³/mol. The molecule has 0 saturated carbocycles. The first-order valence-electron chi connectivity index (χ1n) is 5.11. The molecular formula is C13H11BrFNO. The van der Waals surface area contributed by atoms with E-state index >= 15 is 0 Å². The molecule has 0 amide bonds. The Bertz CT molecular complexity index is 493. The van der Waals surface area contributed by atoms with Crippen LogP contribution in [0.2, 0.25) is 0 Å². The van der Waals surface area contributed by atoms with E-state index < -0.39 is 5.82 Å². The lowest BCUT2D eigenvalue weighted by Gasteiger charge is -2.07. The number of phenols is 1. The fourth-order valence-corrected chi connectivity index (χ4v) is 1.77. The summed E-state index contributed by atoms with van der Waals surface area (Å²) >= 11 is 3.35. The van der Waals surface area contributed by atoms with Crippen LogP contribution >= 0.6 is 15.9 Å². The quantitative estimate of drug-likeness (QED) is 0.900. The molecule has 0 unspecified atom stereocenters. The average Bonchev–Trinajstić information content (AvgIpc) is 2.27. The lowest BCUT2D eigenvalue weighted by atomic mass is 10.2. The van der Waals surface area contributed by atoms with E-state index in [1.807, 2.05) is 24.3 Å². The van der Waals surface area contributed by atoms with Gasteiger partial charge in [-0.1, -0.05) is 15.9 Å². The number of halogens is 2. The van der Waals surface area contributed by atoms with Gasteiger partial charge in [-0.2, -0.15) is 0 Å². The van der Waals surface area contributed by atoms with Crippen LogP contribution in [0.3, 0.4) is 0 Å². The molecule has 2 aromatic rings. The normalized spacial score (nSPS) is 10.2. The smallest absolute Gasteiger partial charge is 0.127 e. The molecule has 0 aromatic heterocycles. The van der Waals surface area contributed by atoms with Crippen LogP contribution in [0.5, 0.6) is 5.75 Å². The number of nitrogens with one attached hydrogen (secondary N) is 1. The zero-order valence-electron chi connectivity index (χ0n) is 8.95. The lowest BCUT2D eigenvalue weighted by Crippen LogP contribution is -1.99. The summed E-state index contributed by atoms with van der Waals surface area (Å²) in [5, 5.41) is 12.4. The maximum atomic E-state index is 13.0. The van der Waals surface area contributed by atoms with Gasteiger partial charge in [0.15, 0.2) is 0 Å². The maximum absolute atomic E-state index is 13.0. The summed E-state index contributed by atoms with van der Waals surface area (Å²) in [7, 11) is 0. The predicted octanol–water partition coefficient (Wildman–Crippen LogP) is 3.91. The molecule has 2 nitrogen and oxygen atoms in total. The van der Waals surface area contributed by atoms with E-state index in [2.05, 4.69) is 21.2 Å². The average molecular weight is 296 g/mol. The minimum Gasteiger partial charge on any atom is -0.508 e. The molecule has 17 heavy (non-hydrogen) atoms. The second-order valence-electron chi connectivity index (χ2n) is 3.68. The van der Waals surface area contributed by atoms with Crippen LogP contribution in [0.1, 0.15) is 5.56 Å². The molecule has 2 N–H and O–H groups in total. The van der Waals surface area contributed by atoms with E-state index in [1.54, 1.807) is 0 Å². The summed E-state index contributed by atoms with van der Waals surface area (Å²) in [4.78, 5) is 0. The molecule has 0 bridgehead atoms. The Balaban J connectivity index is 2.04. The van der Waals surface area contributed by atoms with Crippen LogP contribution in [0.25, 0.3) is 0 Å². The first-order valence-corrected chi connectivity index (χ1v) is 5.91. The lowest BCUT2D eigenvalue weighted by molar-refractivity contribution is 0.468. The van der Waals surface area contributed by atoms with E-state index in [-0.39, 0.29) is 5.75 Å². The summed E-state index contributed by atoms with van der Waals surface area (Å²) in [6.07, 6.45) is 0. The molecular weight excluding hydrogens is 285 g/mol. The topological polar surface area (TPSA) is 32.3 Å². The number of benzene rings is 2. The van der Waals surface area contributed by atoms with Gasteiger partial charge < -0.3 is 10.4 Å². The van der Waals surface area contributed by atoms with Crippen molar-refractivity contribution in [3.8, 4) is 5.75 Å². The van der Waals surface area contributed by atoms with Crippen LogP contribution in [0, 0.1) is 5.82 Å².